The second-order valence-corrected chi connectivity index (χ2v) is 7.03. The number of aromatic nitrogens is 2. The number of benzene rings is 1. The third kappa shape index (κ3) is 3.72. The van der Waals surface area contributed by atoms with E-state index >= 15 is 0 Å². The Labute approximate surface area is 157 Å². The molecule has 1 amide bonds. The Morgan fingerprint density at radius 1 is 1.15 bits per heavy atom. The molecular formula is C20H23FN4O2. The average Bonchev–Trinajstić information content (AvgIpc) is 3.17. The van der Waals surface area contributed by atoms with E-state index in [1.807, 2.05) is 0 Å². The van der Waals surface area contributed by atoms with Crippen LogP contribution in [0.4, 0.5) is 10.2 Å². The molecule has 0 radical (unpaired) electrons. The number of rotatable bonds is 4. The molecule has 1 aromatic heterocycles. The minimum Gasteiger partial charge on any atom is -0.478 e. The van der Waals surface area contributed by atoms with Crippen molar-refractivity contribution in [2.75, 3.05) is 31.1 Å². The molecule has 0 bridgehead atoms. The number of halogens is 1. The molecule has 0 spiro atoms. The van der Waals surface area contributed by atoms with E-state index in [1.165, 1.54) is 17.7 Å². The summed E-state index contributed by atoms with van der Waals surface area (Å²) in [7, 11) is 0. The molecule has 6 nitrogen and oxygen atoms in total. The molecule has 1 unspecified atom stereocenters. The number of anilines is 1. The van der Waals surface area contributed by atoms with Gasteiger partial charge in [-0.2, -0.15) is 5.10 Å². The fraction of sp³-hybridized carbons (Fsp3) is 0.450. The first-order valence-corrected chi connectivity index (χ1v) is 9.42. The van der Waals surface area contributed by atoms with Crippen LogP contribution in [0.25, 0.3) is 0 Å². The van der Waals surface area contributed by atoms with Gasteiger partial charge in [-0.25, -0.2) is 4.39 Å². The van der Waals surface area contributed by atoms with Crippen molar-refractivity contribution in [2.45, 2.75) is 32.3 Å². The van der Waals surface area contributed by atoms with E-state index < -0.39 is 11.9 Å². The molecule has 27 heavy (non-hydrogen) atoms. The van der Waals surface area contributed by atoms with Gasteiger partial charge in [-0.05, 0) is 49.9 Å². The van der Waals surface area contributed by atoms with Crippen LogP contribution in [0.5, 0.6) is 5.75 Å². The van der Waals surface area contributed by atoms with E-state index in [2.05, 4.69) is 21.2 Å². The molecule has 1 aliphatic heterocycles. The summed E-state index contributed by atoms with van der Waals surface area (Å²) in [6, 6.07) is 8.27. The predicted octanol–water partition coefficient (Wildman–Crippen LogP) is 2.22. The Hall–Kier alpha value is -2.70. The molecule has 1 saturated heterocycles. The smallest absolute Gasteiger partial charge is 0.263 e. The number of piperazine rings is 1. The first-order valence-electron chi connectivity index (χ1n) is 9.42. The first-order chi connectivity index (χ1) is 13.1. The largest absolute Gasteiger partial charge is 0.478 e. The van der Waals surface area contributed by atoms with Crippen molar-refractivity contribution < 1.29 is 13.9 Å². The topological polar surface area (TPSA) is 58.6 Å². The molecule has 0 N–H and O–H groups in total. The summed E-state index contributed by atoms with van der Waals surface area (Å²) in [6.07, 6.45) is 2.51. The molecule has 4 rings (SSSR count). The normalized spacial score (nSPS) is 17.6. The van der Waals surface area contributed by atoms with Gasteiger partial charge in [-0.1, -0.05) is 12.1 Å². The lowest BCUT2D eigenvalue weighted by atomic mass is 10.2. The highest BCUT2D eigenvalue weighted by molar-refractivity contribution is 5.81. The van der Waals surface area contributed by atoms with Crippen molar-refractivity contribution in [1.29, 1.82) is 0 Å². The maximum Gasteiger partial charge on any atom is 0.263 e. The quantitative estimate of drug-likeness (QED) is 0.826. The molecule has 1 fully saturated rings. The van der Waals surface area contributed by atoms with E-state index in [4.69, 9.17) is 4.74 Å². The van der Waals surface area contributed by atoms with Gasteiger partial charge in [0.25, 0.3) is 5.91 Å². The molecule has 2 aromatic rings. The lowest BCUT2D eigenvalue weighted by Gasteiger charge is -2.36. The zero-order chi connectivity index (χ0) is 18.8. The Morgan fingerprint density at radius 3 is 2.70 bits per heavy atom. The summed E-state index contributed by atoms with van der Waals surface area (Å²) in [5.74, 6) is 0.402. The Kier molecular flexibility index (Phi) is 4.92. The van der Waals surface area contributed by atoms with Gasteiger partial charge in [0.05, 0.1) is 5.69 Å². The zero-order valence-electron chi connectivity index (χ0n) is 15.4. The molecule has 1 atom stereocenters. The molecule has 1 aliphatic carbocycles. The minimum atomic E-state index is -0.728. The van der Waals surface area contributed by atoms with Crippen LogP contribution in [-0.4, -0.2) is 53.3 Å². The predicted molar refractivity (Wildman–Crippen MR) is 99.3 cm³/mol. The minimum absolute atomic E-state index is 0.102. The second kappa shape index (κ2) is 7.50. The van der Waals surface area contributed by atoms with Crippen LogP contribution in [0.2, 0.25) is 0 Å². The van der Waals surface area contributed by atoms with Crippen molar-refractivity contribution in [2.24, 2.45) is 0 Å². The van der Waals surface area contributed by atoms with Gasteiger partial charge in [0.2, 0.25) is 0 Å². The van der Waals surface area contributed by atoms with Crippen molar-refractivity contribution in [3.05, 3.63) is 47.4 Å². The Bertz CT molecular complexity index is 836. The van der Waals surface area contributed by atoms with Crippen LogP contribution in [0.15, 0.2) is 30.3 Å². The summed E-state index contributed by atoms with van der Waals surface area (Å²) in [5, 5.41) is 8.69. The highest BCUT2D eigenvalue weighted by Gasteiger charge is 2.27. The van der Waals surface area contributed by atoms with E-state index in [0.717, 1.165) is 30.8 Å². The van der Waals surface area contributed by atoms with Gasteiger partial charge in [-0.15, -0.1) is 5.10 Å². The molecule has 7 heteroatoms. The lowest BCUT2D eigenvalue weighted by Crippen LogP contribution is -2.52. The van der Waals surface area contributed by atoms with E-state index in [-0.39, 0.29) is 11.7 Å². The first kappa shape index (κ1) is 17.7. The highest BCUT2D eigenvalue weighted by atomic mass is 19.1. The zero-order valence-corrected chi connectivity index (χ0v) is 15.4. The molecule has 142 valence electrons. The van der Waals surface area contributed by atoms with E-state index in [0.29, 0.717) is 26.2 Å². The molecule has 0 saturated carbocycles. The number of aryl methyl sites for hydroxylation is 2. The van der Waals surface area contributed by atoms with Gasteiger partial charge in [-0.3, -0.25) is 4.79 Å². The lowest BCUT2D eigenvalue weighted by molar-refractivity contribution is -0.138. The highest BCUT2D eigenvalue weighted by Crippen LogP contribution is 2.24. The van der Waals surface area contributed by atoms with E-state index in [9.17, 15) is 9.18 Å². The van der Waals surface area contributed by atoms with Crippen molar-refractivity contribution in [3.63, 3.8) is 0 Å². The number of carbonyl (C=O) groups excluding carboxylic acids is 1. The SMILES string of the molecule is CC(Oc1ccccc1F)C(=O)N1CCN(c2cc3c(nn2)CCC3)CC1. The Morgan fingerprint density at radius 2 is 1.93 bits per heavy atom. The molecule has 2 heterocycles. The number of ether oxygens (including phenoxy) is 1. The number of carbonyl (C=O) groups is 1. The number of para-hydroxylation sites is 1. The van der Waals surface area contributed by atoms with Crippen LogP contribution >= 0.6 is 0 Å². The molecule has 1 aromatic carbocycles. The van der Waals surface area contributed by atoms with E-state index in [1.54, 1.807) is 24.0 Å². The second-order valence-electron chi connectivity index (χ2n) is 7.03. The monoisotopic (exact) mass is 370 g/mol. The fourth-order valence-electron chi connectivity index (χ4n) is 3.67. The summed E-state index contributed by atoms with van der Waals surface area (Å²) < 4.78 is 19.2. The average molecular weight is 370 g/mol. The third-order valence-electron chi connectivity index (χ3n) is 5.21. The van der Waals surface area contributed by atoms with Crippen LogP contribution < -0.4 is 9.64 Å². The van der Waals surface area contributed by atoms with Gasteiger partial charge in [0.15, 0.2) is 23.5 Å². The number of fused-ring (bicyclic) bond motifs is 1. The number of amides is 1. The van der Waals surface area contributed by atoms with Gasteiger partial charge >= 0.3 is 0 Å². The maximum absolute atomic E-state index is 13.7. The van der Waals surface area contributed by atoms with Crippen LogP contribution in [0, 0.1) is 5.82 Å². The summed E-state index contributed by atoms with van der Waals surface area (Å²) in [4.78, 5) is 16.6. The summed E-state index contributed by atoms with van der Waals surface area (Å²) in [6.45, 7) is 4.23. The third-order valence-corrected chi connectivity index (χ3v) is 5.21. The molecular weight excluding hydrogens is 347 g/mol. The molecule has 2 aliphatic rings. The van der Waals surface area contributed by atoms with Crippen LogP contribution in [0.1, 0.15) is 24.6 Å². The van der Waals surface area contributed by atoms with Crippen LogP contribution in [0.3, 0.4) is 0 Å². The van der Waals surface area contributed by atoms with Gasteiger partial charge in [0.1, 0.15) is 0 Å². The Balaban J connectivity index is 1.34. The van der Waals surface area contributed by atoms with Crippen molar-refractivity contribution >= 4 is 11.7 Å². The number of hydrogen-bond donors (Lipinski definition) is 0. The maximum atomic E-state index is 13.7. The van der Waals surface area contributed by atoms with Crippen molar-refractivity contribution in [3.8, 4) is 5.75 Å². The summed E-state index contributed by atoms with van der Waals surface area (Å²) in [5.41, 5.74) is 2.41. The van der Waals surface area contributed by atoms with Gasteiger partial charge < -0.3 is 14.5 Å². The number of nitrogens with zero attached hydrogens (tertiary/aromatic N) is 4. The van der Waals surface area contributed by atoms with Crippen LogP contribution in [-0.2, 0) is 17.6 Å². The number of hydrogen-bond acceptors (Lipinski definition) is 5. The standard InChI is InChI=1S/C20H23FN4O2/c1-14(27-18-8-3-2-6-16(18)21)20(26)25-11-9-24(10-12-25)19-13-15-5-4-7-17(15)22-23-19/h2-3,6,8,13-14H,4-5,7,9-12H2,1H3. The fourth-order valence-corrected chi connectivity index (χ4v) is 3.67. The summed E-state index contributed by atoms with van der Waals surface area (Å²) >= 11 is 0. The van der Waals surface area contributed by atoms with Gasteiger partial charge in [0, 0.05) is 26.2 Å². The van der Waals surface area contributed by atoms with Crippen molar-refractivity contribution in [1.82, 2.24) is 15.1 Å².